The van der Waals surface area contributed by atoms with Crippen LogP contribution in [0.1, 0.15) is 17.2 Å². The van der Waals surface area contributed by atoms with Gasteiger partial charge in [0.25, 0.3) is 11.9 Å². The summed E-state index contributed by atoms with van der Waals surface area (Å²) in [5, 5.41) is 79.1. The molecule has 0 bridgehead atoms. The first-order valence-electron chi connectivity index (χ1n) is 9.21. The van der Waals surface area contributed by atoms with Crippen LogP contribution in [0.25, 0.3) is 6.08 Å². The molecule has 11 nitrogen and oxygen atoms in total. The van der Waals surface area contributed by atoms with Gasteiger partial charge in [0, 0.05) is 12.1 Å². The molecule has 0 aromatic heterocycles. The molecule has 2 heterocycles. The maximum atomic E-state index is 10.2. The Balaban J connectivity index is 1.76. The number of phenolic OH excluding ortho intramolecular Hbond substituents is 5. The predicted molar refractivity (Wildman–Crippen MR) is 102 cm³/mol. The first-order chi connectivity index (χ1) is 14.7. The summed E-state index contributed by atoms with van der Waals surface area (Å²) in [6.07, 6.45) is -5.56. The van der Waals surface area contributed by atoms with E-state index in [1.54, 1.807) is 0 Å². The molecule has 0 saturated carbocycles. The van der Waals surface area contributed by atoms with Crippen molar-refractivity contribution in [2.75, 3.05) is 6.61 Å². The second kappa shape index (κ2) is 7.71. The zero-order valence-corrected chi connectivity index (χ0v) is 15.8. The number of phenols is 5. The number of aliphatic hydroxyl groups excluding tert-OH is 3. The Kier molecular flexibility index (Phi) is 5.19. The van der Waals surface area contributed by atoms with E-state index in [4.69, 9.17) is 9.47 Å². The molecule has 2 aromatic carbocycles. The minimum atomic E-state index is -1.61. The van der Waals surface area contributed by atoms with Crippen molar-refractivity contribution in [1.82, 2.24) is 0 Å². The van der Waals surface area contributed by atoms with Gasteiger partial charge in [-0.15, -0.1) is 0 Å². The van der Waals surface area contributed by atoms with Crippen LogP contribution in [0, 0.1) is 0 Å². The molecule has 11 heteroatoms. The molecule has 9 N–H and O–H groups in total. The highest BCUT2D eigenvalue weighted by Crippen LogP contribution is 2.47. The second-order valence-electron chi connectivity index (χ2n) is 7.25. The van der Waals surface area contributed by atoms with Gasteiger partial charge in [-0.1, -0.05) is 0 Å². The molecule has 2 aliphatic heterocycles. The highest BCUT2D eigenvalue weighted by atomic mass is 16.7. The Morgan fingerprint density at radius 3 is 2.23 bits per heavy atom. The SMILES string of the molecule is Oc1cc(O)c2c(c1)[OH+]C(c1cc(O)c(O)c(O)c1)C(O[C@@H]1OC[C@@H](O)[C@@H](O)[C@@H]1O)=C2. The Bertz CT molecular complexity index is 1010. The van der Waals surface area contributed by atoms with E-state index in [2.05, 4.69) is 4.74 Å². The number of hydrogen-bond acceptors (Lipinski definition) is 10. The molecular formula is C20H21O11+. The lowest BCUT2D eigenvalue weighted by Crippen LogP contribution is -2.53. The molecule has 1 saturated heterocycles. The molecule has 2 aromatic rings. The van der Waals surface area contributed by atoms with E-state index >= 15 is 0 Å². The van der Waals surface area contributed by atoms with Gasteiger partial charge in [0.2, 0.25) is 6.29 Å². The minimum Gasteiger partial charge on any atom is -0.571 e. The summed E-state index contributed by atoms with van der Waals surface area (Å²) in [4.78, 5) is 0. The topological polar surface area (TPSA) is 193 Å². The maximum absolute atomic E-state index is 10.2. The summed E-state index contributed by atoms with van der Waals surface area (Å²) in [6.45, 7) is -0.311. The van der Waals surface area contributed by atoms with Crippen LogP contribution in [0.2, 0.25) is 0 Å². The average molecular weight is 437 g/mol. The molecule has 5 atom stereocenters. The van der Waals surface area contributed by atoms with Crippen LogP contribution in [0.5, 0.6) is 34.5 Å². The van der Waals surface area contributed by atoms with E-state index in [0.717, 1.165) is 18.2 Å². The Morgan fingerprint density at radius 2 is 1.55 bits per heavy atom. The van der Waals surface area contributed by atoms with E-state index in [0.29, 0.717) is 0 Å². The first kappa shape index (κ1) is 20.9. The lowest BCUT2D eigenvalue weighted by Gasteiger charge is -2.36. The molecule has 0 spiro atoms. The number of fused-ring (bicyclic) bond motifs is 1. The lowest BCUT2D eigenvalue weighted by molar-refractivity contribution is -0.263. The van der Waals surface area contributed by atoms with Crippen molar-refractivity contribution in [2.45, 2.75) is 30.7 Å². The first-order valence-corrected chi connectivity index (χ1v) is 9.21. The number of hydrogen-bond donors (Lipinski definition) is 8. The van der Waals surface area contributed by atoms with Gasteiger partial charge in [-0.05, 0) is 12.1 Å². The van der Waals surface area contributed by atoms with Gasteiger partial charge in [0.1, 0.15) is 35.4 Å². The van der Waals surface area contributed by atoms with E-state index in [1.165, 1.54) is 12.1 Å². The zero-order chi connectivity index (χ0) is 22.4. The zero-order valence-electron chi connectivity index (χ0n) is 15.8. The largest absolute Gasteiger partial charge is 0.571 e. The van der Waals surface area contributed by atoms with E-state index in [9.17, 15) is 40.9 Å². The fourth-order valence-corrected chi connectivity index (χ4v) is 3.42. The molecule has 0 amide bonds. The minimum absolute atomic E-state index is 0.00869. The van der Waals surface area contributed by atoms with Gasteiger partial charge in [0.05, 0.1) is 18.2 Å². The summed E-state index contributed by atoms with van der Waals surface area (Å²) in [6, 6.07) is 4.63. The number of ether oxygens (including phenoxy) is 3. The van der Waals surface area contributed by atoms with Gasteiger partial charge >= 0.3 is 0 Å². The van der Waals surface area contributed by atoms with Crippen molar-refractivity contribution >= 4 is 6.08 Å². The third-order valence-electron chi connectivity index (χ3n) is 5.06. The van der Waals surface area contributed by atoms with Gasteiger partial charge in [-0.25, -0.2) is 0 Å². The third kappa shape index (κ3) is 3.75. The quantitative estimate of drug-likeness (QED) is 0.239. The van der Waals surface area contributed by atoms with Crippen LogP contribution in [0.15, 0.2) is 30.0 Å². The van der Waals surface area contributed by atoms with Gasteiger partial charge in [-0.3, -0.25) is 0 Å². The fourth-order valence-electron chi connectivity index (χ4n) is 3.42. The Morgan fingerprint density at radius 1 is 0.871 bits per heavy atom. The molecule has 166 valence electrons. The maximum Gasteiger partial charge on any atom is 0.270 e. The number of benzene rings is 2. The van der Waals surface area contributed by atoms with Crippen LogP contribution in [0.4, 0.5) is 0 Å². The molecule has 1 unspecified atom stereocenters. The van der Waals surface area contributed by atoms with Crippen molar-refractivity contribution in [3.63, 3.8) is 0 Å². The smallest absolute Gasteiger partial charge is 0.270 e. The average Bonchev–Trinajstić information content (AvgIpc) is 2.72. The highest BCUT2D eigenvalue weighted by Gasteiger charge is 2.42. The monoisotopic (exact) mass is 437 g/mol. The molecule has 31 heavy (non-hydrogen) atoms. The van der Waals surface area contributed by atoms with Crippen LogP contribution < -0.4 is 0 Å². The van der Waals surface area contributed by atoms with Crippen molar-refractivity contribution in [1.29, 1.82) is 0 Å². The Hall–Kier alpha value is -3.38. The lowest BCUT2D eigenvalue weighted by atomic mass is 10.00. The van der Waals surface area contributed by atoms with Crippen molar-refractivity contribution in [3.05, 3.63) is 41.2 Å². The van der Waals surface area contributed by atoms with Gasteiger partial charge in [0.15, 0.2) is 23.0 Å². The predicted octanol–water partition coefficient (Wildman–Crippen LogP) is 0.00730. The van der Waals surface area contributed by atoms with Gasteiger partial charge in [-0.2, -0.15) is 0 Å². The Labute approximate surface area is 174 Å². The number of aromatic hydroxyl groups is 6. The van der Waals surface area contributed by atoms with E-state index < -0.39 is 48.0 Å². The number of aliphatic hydroxyl groups is 4. The van der Waals surface area contributed by atoms with E-state index in [-0.39, 0.29) is 40.7 Å². The summed E-state index contributed by atoms with van der Waals surface area (Å²) in [7, 11) is 0. The van der Waals surface area contributed by atoms with Crippen LogP contribution >= 0.6 is 0 Å². The molecule has 0 radical (unpaired) electrons. The summed E-state index contributed by atoms with van der Waals surface area (Å²) < 4.78 is 15.4. The summed E-state index contributed by atoms with van der Waals surface area (Å²) >= 11 is 0. The highest BCUT2D eigenvalue weighted by molar-refractivity contribution is 5.69. The van der Waals surface area contributed by atoms with Crippen molar-refractivity contribution < 1.29 is 55.1 Å². The number of rotatable bonds is 3. The fraction of sp³-hybridized carbons (Fsp3) is 0.300. The van der Waals surface area contributed by atoms with Crippen molar-refractivity contribution in [2.24, 2.45) is 0 Å². The van der Waals surface area contributed by atoms with Crippen molar-refractivity contribution in [3.8, 4) is 34.5 Å². The van der Waals surface area contributed by atoms with Crippen LogP contribution in [0.3, 0.4) is 0 Å². The molecule has 4 rings (SSSR count). The standard InChI is InChI=1S/C20H20O11/c21-8-3-10(22)9-5-15(31-20-18(28)17(27)13(25)6-29-20)19(30-14(9)4-8)7-1-11(23)16(26)12(24)2-7/h1-5,13,17-28H,6H2/p+1/t13-,17-,18+,19?,20+/m1/s1. The second-order valence-corrected chi connectivity index (χ2v) is 7.25. The van der Waals surface area contributed by atoms with Crippen LogP contribution in [-0.4, -0.2) is 76.8 Å². The third-order valence-corrected chi connectivity index (χ3v) is 5.06. The molecule has 1 fully saturated rings. The summed E-state index contributed by atoms with van der Waals surface area (Å²) in [5.74, 6) is -2.38. The van der Waals surface area contributed by atoms with E-state index in [1.807, 2.05) is 0 Å². The van der Waals surface area contributed by atoms with Gasteiger partial charge < -0.3 is 55.1 Å². The molecular weight excluding hydrogens is 416 g/mol. The molecule has 0 aliphatic carbocycles. The molecule has 2 aliphatic rings. The normalized spacial score (nSPS) is 27.7. The van der Waals surface area contributed by atoms with Crippen LogP contribution in [-0.2, 0) is 9.47 Å². The summed E-state index contributed by atoms with van der Waals surface area (Å²) in [5.41, 5.74) is 0.348.